The summed E-state index contributed by atoms with van der Waals surface area (Å²) in [6, 6.07) is 5.94. The first kappa shape index (κ1) is 12.3. The second kappa shape index (κ2) is 5.00. The number of halogens is 3. The van der Waals surface area contributed by atoms with Crippen LogP contribution in [0.15, 0.2) is 36.5 Å². The van der Waals surface area contributed by atoms with Crippen LogP contribution >= 0.6 is 0 Å². The molecule has 0 fully saturated rings. The Morgan fingerprint density at radius 1 is 1.06 bits per heavy atom. The molecule has 0 unspecified atom stereocenters. The average Bonchev–Trinajstić information content (AvgIpc) is 2.35. The predicted molar refractivity (Wildman–Crippen MR) is 58.6 cm³/mol. The summed E-state index contributed by atoms with van der Waals surface area (Å²) >= 11 is 0. The summed E-state index contributed by atoms with van der Waals surface area (Å²) in [6.45, 7) is 0. The van der Waals surface area contributed by atoms with Crippen LogP contribution in [0.25, 0.3) is 0 Å². The molecule has 0 radical (unpaired) electrons. The fourth-order valence-corrected chi connectivity index (χ4v) is 1.53. The molecular weight excluding hydrogens is 243 g/mol. The van der Waals surface area contributed by atoms with Gasteiger partial charge in [0.2, 0.25) is 0 Å². The van der Waals surface area contributed by atoms with E-state index in [1.165, 1.54) is 24.4 Å². The van der Waals surface area contributed by atoms with E-state index in [2.05, 4.69) is 4.98 Å². The van der Waals surface area contributed by atoms with Crippen LogP contribution in [-0.4, -0.2) is 10.8 Å². The van der Waals surface area contributed by atoms with E-state index >= 15 is 0 Å². The molecule has 1 aromatic carbocycles. The van der Waals surface area contributed by atoms with Gasteiger partial charge in [-0.05, 0) is 23.8 Å². The predicted octanol–water partition coefficient (Wildman–Crippen LogP) is 2.92. The van der Waals surface area contributed by atoms with Crippen LogP contribution in [0.2, 0.25) is 0 Å². The molecule has 92 valence electrons. The van der Waals surface area contributed by atoms with Gasteiger partial charge >= 0.3 is 0 Å². The van der Waals surface area contributed by atoms with Gasteiger partial charge in [-0.2, -0.15) is 0 Å². The molecule has 0 aliphatic carbocycles. The summed E-state index contributed by atoms with van der Waals surface area (Å²) in [5.74, 6) is -3.61. The van der Waals surface area contributed by atoms with Crippen molar-refractivity contribution >= 4 is 5.78 Å². The first-order chi connectivity index (χ1) is 8.59. The Balaban J connectivity index is 2.27. The molecular formula is C13H8F3NO. The molecule has 0 amide bonds. The molecule has 0 aliphatic heterocycles. The Hall–Kier alpha value is -2.17. The van der Waals surface area contributed by atoms with Crippen molar-refractivity contribution in [3.8, 4) is 0 Å². The molecule has 0 spiro atoms. The van der Waals surface area contributed by atoms with Crippen molar-refractivity contribution in [1.82, 2.24) is 4.98 Å². The van der Waals surface area contributed by atoms with Gasteiger partial charge in [0.05, 0.1) is 0 Å². The Morgan fingerprint density at radius 3 is 2.50 bits per heavy atom. The quantitative estimate of drug-likeness (QED) is 0.785. The van der Waals surface area contributed by atoms with Gasteiger partial charge in [-0.1, -0.05) is 12.1 Å². The molecule has 0 N–H and O–H groups in total. The Kier molecular flexibility index (Phi) is 3.41. The van der Waals surface area contributed by atoms with Crippen LogP contribution in [0.3, 0.4) is 0 Å². The highest BCUT2D eigenvalue weighted by molar-refractivity contribution is 5.95. The second-order valence-electron chi connectivity index (χ2n) is 3.65. The monoisotopic (exact) mass is 251 g/mol. The van der Waals surface area contributed by atoms with Gasteiger partial charge in [-0.3, -0.25) is 9.78 Å². The fraction of sp³-hybridized carbons (Fsp3) is 0.0769. The highest BCUT2D eigenvalue weighted by atomic mass is 19.2. The molecule has 0 aliphatic rings. The van der Waals surface area contributed by atoms with Crippen LogP contribution in [0.4, 0.5) is 13.2 Å². The van der Waals surface area contributed by atoms with E-state index in [0.717, 1.165) is 12.1 Å². The minimum atomic E-state index is -1.10. The molecule has 5 heteroatoms. The molecule has 2 rings (SSSR count). The van der Waals surface area contributed by atoms with Crippen LogP contribution in [-0.2, 0) is 6.42 Å². The number of aromatic nitrogens is 1. The normalized spacial score (nSPS) is 10.4. The maximum atomic E-state index is 13.3. The minimum Gasteiger partial charge on any atom is -0.292 e. The lowest BCUT2D eigenvalue weighted by atomic mass is 10.1. The summed E-state index contributed by atoms with van der Waals surface area (Å²) in [6.07, 6.45) is 0.829. The van der Waals surface area contributed by atoms with E-state index in [1.807, 2.05) is 0 Å². The van der Waals surface area contributed by atoms with E-state index in [9.17, 15) is 18.0 Å². The zero-order valence-electron chi connectivity index (χ0n) is 9.16. The van der Waals surface area contributed by atoms with E-state index in [1.54, 1.807) is 0 Å². The zero-order valence-corrected chi connectivity index (χ0v) is 9.16. The topological polar surface area (TPSA) is 30.0 Å². The lowest BCUT2D eigenvalue weighted by molar-refractivity contribution is 0.0982. The molecule has 0 bridgehead atoms. The first-order valence-corrected chi connectivity index (χ1v) is 5.16. The summed E-state index contributed by atoms with van der Waals surface area (Å²) < 4.78 is 39.5. The van der Waals surface area contributed by atoms with Gasteiger partial charge in [0, 0.05) is 12.6 Å². The minimum absolute atomic E-state index is 0.120. The number of pyridine rings is 1. The van der Waals surface area contributed by atoms with E-state index in [4.69, 9.17) is 0 Å². The van der Waals surface area contributed by atoms with Crippen molar-refractivity contribution in [2.75, 3.05) is 0 Å². The molecule has 1 aromatic heterocycles. The highest BCUT2D eigenvalue weighted by Gasteiger charge is 2.16. The van der Waals surface area contributed by atoms with E-state index in [-0.39, 0.29) is 11.3 Å². The largest absolute Gasteiger partial charge is 0.292 e. The van der Waals surface area contributed by atoms with E-state index < -0.39 is 29.7 Å². The number of carbonyl (C=O) groups excluding carboxylic acids is 1. The van der Waals surface area contributed by atoms with Crippen molar-refractivity contribution in [2.24, 2.45) is 0 Å². The molecule has 0 saturated heterocycles. The standard InChI is InChI=1S/C13H8F3NO/c14-9-4-1-3-8(12(9)16)7-11(18)13-10(15)5-2-6-17-13/h1-6H,7H2. The molecule has 0 saturated carbocycles. The Morgan fingerprint density at radius 2 is 1.78 bits per heavy atom. The summed E-state index contributed by atoms with van der Waals surface area (Å²) in [5, 5.41) is 0. The van der Waals surface area contributed by atoms with Gasteiger partial charge in [0.1, 0.15) is 5.69 Å². The van der Waals surface area contributed by atoms with Gasteiger partial charge < -0.3 is 0 Å². The van der Waals surface area contributed by atoms with Crippen molar-refractivity contribution in [3.05, 3.63) is 65.2 Å². The number of ketones is 1. The number of hydrogen-bond donors (Lipinski definition) is 0. The van der Waals surface area contributed by atoms with Crippen LogP contribution < -0.4 is 0 Å². The van der Waals surface area contributed by atoms with Gasteiger partial charge in [0.25, 0.3) is 0 Å². The third kappa shape index (κ3) is 2.40. The number of benzene rings is 1. The highest BCUT2D eigenvalue weighted by Crippen LogP contribution is 2.14. The Bertz CT molecular complexity index is 599. The smallest absolute Gasteiger partial charge is 0.188 e. The second-order valence-corrected chi connectivity index (χ2v) is 3.65. The summed E-state index contributed by atoms with van der Waals surface area (Å²) in [7, 11) is 0. The maximum absolute atomic E-state index is 13.3. The molecule has 18 heavy (non-hydrogen) atoms. The van der Waals surface area contributed by atoms with Crippen molar-refractivity contribution in [3.63, 3.8) is 0 Å². The number of hydrogen-bond acceptors (Lipinski definition) is 2. The number of nitrogens with zero attached hydrogens (tertiary/aromatic N) is 1. The summed E-state index contributed by atoms with van der Waals surface area (Å²) in [4.78, 5) is 15.3. The molecule has 2 aromatic rings. The molecule has 2 nitrogen and oxygen atoms in total. The number of carbonyl (C=O) groups is 1. The average molecular weight is 251 g/mol. The number of rotatable bonds is 3. The molecule has 1 heterocycles. The van der Waals surface area contributed by atoms with Crippen LogP contribution in [0.5, 0.6) is 0 Å². The molecule has 0 atom stereocenters. The van der Waals surface area contributed by atoms with Crippen LogP contribution in [0.1, 0.15) is 16.1 Å². The zero-order chi connectivity index (χ0) is 13.1. The summed E-state index contributed by atoms with van der Waals surface area (Å²) in [5.41, 5.74) is -0.494. The third-order valence-corrected chi connectivity index (χ3v) is 2.41. The van der Waals surface area contributed by atoms with Crippen LogP contribution in [0, 0.1) is 17.5 Å². The lowest BCUT2D eigenvalue weighted by Gasteiger charge is -2.03. The third-order valence-electron chi connectivity index (χ3n) is 2.41. The van der Waals surface area contributed by atoms with Gasteiger partial charge in [0.15, 0.2) is 23.2 Å². The lowest BCUT2D eigenvalue weighted by Crippen LogP contribution is -2.10. The van der Waals surface area contributed by atoms with Crippen molar-refractivity contribution < 1.29 is 18.0 Å². The fourth-order valence-electron chi connectivity index (χ4n) is 1.53. The van der Waals surface area contributed by atoms with Crippen molar-refractivity contribution in [1.29, 1.82) is 0 Å². The Labute approximate surface area is 101 Å². The first-order valence-electron chi connectivity index (χ1n) is 5.16. The SMILES string of the molecule is O=C(Cc1cccc(F)c1F)c1ncccc1F. The van der Waals surface area contributed by atoms with Crippen molar-refractivity contribution in [2.45, 2.75) is 6.42 Å². The van der Waals surface area contributed by atoms with Gasteiger partial charge in [-0.15, -0.1) is 0 Å². The number of Topliss-reactive ketones (excluding diaryl/α,β-unsaturated/α-hetero) is 1. The van der Waals surface area contributed by atoms with Gasteiger partial charge in [-0.25, -0.2) is 13.2 Å². The maximum Gasteiger partial charge on any atom is 0.188 e. The van der Waals surface area contributed by atoms with E-state index in [0.29, 0.717) is 0 Å².